The van der Waals surface area contributed by atoms with Crippen LogP contribution in [0.15, 0.2) is 30.4 Å². The molecular formula is C26H36O2. The predicted molar refractivity (Wildman–Crippen MR) is 114 cm³/mol. The van der Waals surface area contributed by atoms with Crippen molar-refractivity contribution in [1.82, 2.24) is 0 Å². The van der Waals surface area contributed by atoms with E-state index in [9.17, 15) is 9.90 Å². The van der Waals surface area contributed by atoms with Gasteiger partial charge in [0.25, 0.3) is 0 Å². The molecule has 5 unspecified atom stereocenters. The van der Waals surface area contributed by atoms with Gasteiger partial charge in [0.1, 0.15) is 0 Å². The monoisotopic (exact) mass is 380 g/mol. The van der Waals surface area contributed by atoms with Crippen LogP contribution in [0.4, 0.5) is 0 Å². The molecule has 2 heteroatoms. The maximum Gasteiger partial charge on any atom is 0.155 e. The first kappa shape index (κ1) is 19.9. The molecule has 1 aromatic rings. The van der Waals surface area contributed by atoms with Gasteiger partial charge >= 0.3 is 0 Å². The summed E-state index contributed by atoms with van der Waals surface area (Å²) in [7, 11) is 0. The number of ketones is 1. The van der Waals surface area contributed by atoms with Crippen molar-refractivity contribution in [3.8, 4) is 0 Å². The molecule has 0 amide bonds. The van der Waals surface area contributed by atoms with Crippen molar-refractivity contribution in [2.75, 3.05) is 0 Å². The maximum atomic E-state index is 12.2. The van der Waals surface area contributed by atoms with Crippen LogP contribution in [-0.2, 0) is 17.8 Å². The van der Waals surface area contributed by atoms with Gasteiger partial charge in [-0.2, -0.15) is 0 Å². The molecule has 0 bridgehead atoms. The molecule has 0 aromatic heterocycles. The lowest BCUT2D eigenvalue weighted by molar-refractivity contribution is -0.115. The van der Waals surface area contributed by atoms with E-state index in [1.165, 1.54) is 37.7 Å². The first-order valence-electron chi connectivity index (χ1n) is 11.4. The Balaban J connectivity index is 1.52. The predicted octanol–water partition coefficient (Wildman–Crippen LogP) is 5.82. The lowest BCUT2D eigenvalue weighted by Crippen LogP contribution is -2.42. The third-order valence-corrected chi connectivity index (χ3v) is 8.17. The van der Waals surface area contributed by atoms with Gasteiger partial charge in [0.15, 0.2) is 5.78 Å². The van der Waals surface area contributed by atoms with Crippen molar-refractivity contribution in [2.45, 2.75) is 78.2 Å². The average molecular weight is 381 g/mol. The van der Waals surface area contributed by atoms with Crippen molar-refractivity contribution < 1.29 is 9.90 Å². The molecule has 4 rings (SSSR count). The minimum absolute atomic E-state index is 0.144. The molecule has 5 atom stereocenters. The second kappa shape index (κ2) is 7.78. The molecule has 2 fully saturated rings. The molecule has 0 saturated heterocycles. The highest BCUT2D eigenvalue weighted by atomic mass is 16.3. The molecule has 1 N–H and O–H groups in total. The molecule has 2 saturated carbocycles. The number of carbonyl (C=O) groups excluding carboxylic acids is 1. The van der Waals surface area contributed by atoms with Crippen molar-refractivity contribution >= 4 is 5.78 Å². The van der Waals surface area contributed by atoms with Gasteiger partial charge in [0.2, 0.25) is 0 Å². The molecule has 1 aromatic carbocycles. The largest absolute Gasteiger partial charge is 0.392 e. The van der Waals surface area contributed by atoms with Crippen LogP contribution in [0.1, 0.15) is 81.9 Å². The van der Waals surface area contributed by atoms with Crippen LogP contribution in [0.25, 0.3) is 0 Å². The quantitative estimate of drug-likeness (QED) is 0.653. The number of hydrogen-bond acceptors (Lipinski definition) is 2. The summed E-state index contributed by atoms with van der Waals surface area (Å²) in [5, 5.41) is 9.46. The van der Waals surface area contributed by atoms with Gasteiger partial charge in [0.05, 0.1) is 6.61 Å². The van der Waals surface area contributed by atoms with E-state index in [1.54, 1.807) is 5.56 Å². The smallest absolute Gasteiger partial charge is 0.155 e. The van der Waals surface area contributed by atoms with Crippen LogP contribution >= 0.6 is 0 Å². The fraction of sp³-hybridized carbons (Fsp3) is 0.654. The van der Waals surface area contributed by atoms with E-state index in [4.69, 9.17) is 0 Å². The van der Waals surface area contributed by atoms with E-state index >= 15 is 0 Å². The summed E-state index contributed by atoms with van der Waals surface area (Å²) in [6.07, 6.45) is 12.4. The molecule has 0 aliphatic heterocycles. The standard InChI is InChI=1S/C26H36O2/c1-17(2)14-21(28)8-6-20-7-11-25-24-10-5-19-15-18(16-27)4-9-22(19)23(24)12-13-26(20,25)3/h4,6,8-9,15,17,20,23-25,27H,5,7,10-14,16H2,1-3H3/b8-6+. The summed E-state index contributed by atoms with van der Waals surface area (Å²) in [6, 6.07) is 6.66. The minimum Gasteiger partial charge on any atom is -0.392 e. The van der Waals surface area contributed by atoms with E-state index in [0.717, 1.165) is 23.8 Å². The van der Waals surface area contributed by atoms with Crippen LogP contribution < -0.4 is 0 Å². The summed E-state index contributed by atoms with van der Waals surface area (Å²) in [4.78, 5) is 12.2. The first-order chi connectivity index (χ1) is 13.4. The molecule has 3 aliphatic carbocycles. The van der Waals surface area contributed by atoms with Crippen molar-refractivity contribution in [3.63, 3.8) is 0 Å². The summed E-state index contributed by atoms with van der Waals surface area (Å²) < 4.78 is 0. The SMILES string of the molecule is CC(C)CC(=O)/C=C/C1CCC2C3CCc4cc(CO)ccc4C3CCC12C. The van der Waals surface area contributed by atoms with E-state index in [1.807, 2.05) is 6.08 Å². The first-order valence-corrected chi connectivity index (χ1v) is 11.4. The van der Waals surface area contributed by atoms with Crippen molar-refractivity contribution in [2.24, 2.45) is 29.1 Å². The number of aliphatic hydroxyl groups is 1. The summed E-state index contributed by atoms with van der Waals surface area (Å²) in [5.41, 5.74) is 4.44. The lowest BCUT2D eigenvalue weighted by Gasteiger charge is -2.50. The van der Waals surface area contributed by atoms with Gasteiger partial charge < -0.3 is 5.11 Å². The van der Waals surface area contributed by atoms with E-state index < -0.39 is 0 Å². The molecule has 152 valence electrons. The molecule has 3 aliphatic rings. The Morgan fingerprint density at radius 2 is 2.07 bits per heavy atom. The maximum absolute atomic E-state index is 12.2. The molecule has 0 radical (unpaired) electrons. The zero-order valence-electron chi connectivity index (χ0n) is 17.8. The van der Waals surface area contributed by atoms with Crippen molar-refractivity contribution in [3.05, 3.63) is 47.0 Å². The summed E-state index contributed by atoms with van der Waals surface area (Å²) in [6.45, 7) is 6.88. The van der Waals surface area contributed by atoms with Crippen LogP contribution in [0.3, 0.4) is 0 Å². The van der Waals surface area contributed by atoms with Crippen LogP contribution in [0.2, 0.25) is 0 Å². The average Bonchev–Trinajstić information content (AvgIpc) is 3.01. The molecule has 28 heavy (non-hydrogen) atoms. The molecular weight excluding hydrogens is 344 g/mol. The number of carbonyl (C=O) groups is 1. The number of aryl methyl sites for hydroxylation is 1. The number of benzene rings is 1. The Hall–Kier alpha value is -1.41. The molecule has 2 nitrogen and oxygen atoms in total. The Labute approximate surface area is 170 Å². The number of allylic oxidation sites excluding steroid dienone is 2. The zero-order chi connectivity index (χ0) is 19.9. The fourth-order valence-electron chi connectivity index (χ4n) is 6.78. The van der Waals surface area contributed by atoms with Gasteiger partial charge in [0, 0.05) is 6.42 Å². The Morgan fingerprint density at radius 3 is 2.82 bits per heavy atom. The fourth-order valence-corrected chi connectivity index (χ4v) is 6.78. The number of rotatable bonds is 5. The minimum atomic E-state index is 0.144. The highest BCUT2D eigenvalue weighted by Gasteiger charge is 2.53. The third-order valence-electron chi connectivity index (χ3n) is 8.17. The summed E-state index contributed by atoms with van der Waals surface area (Å²) in [5.74, 6) is 3.56. The van der Waals surface area contributed by atoms with Gasteiger partial charge in [-0.25, -0.2) is 0 Å². The molecule has 0 spiro atoms. The van der Waals surface area contributed by atoms with E-state index in [-0.39, 0.29) is 6.61 Å². The Morgan fingerprint density at radius 1 is 1.25 bits per heavy atom. The van der Waals surface area contributed by atoms with Crippen LogP contribution in [0.5, 0.6) is 0 Å². The second-order valence-corrected chi connectivity index (χ2v) is 10.3. The van der Waals surface area contributed by atoms with Gasteiger partial charge in [-0.15, -0.1) is 0 Å². The van der Waals surface area contributed by atoms with E-state index in [0.29, 0.717) is 35.4 Å². The van der Waals surface area contributed by atoms with Crippen LogP contribution in [-0.4, -0.2) is 10.9 Å². The zero-order valence-corrected chi connectivity index (χ0v) is 17.8. The van der Waals surface area contributed by atoms with E-state index in [2.05, 4.69) is 45.0 Å². The normalized spacial score (nSPS) is 34.3. The highest BCUT2D eigenvalue weighted by molar-refractivity contribution is 5.89. The number of hydrogen-bond donors (Lipinski definition) is 1. The second-order valence-electron chi connectivity index (χ2n) is 10.3. The lowest BCUT2D eigenvalue weighted by atomic mass is 9.54. The topological polar surface area (TPSA) is 37.3 Å². The third kappa shape index (κ3) is 3.49. The van der Waals surface area contributed by atoms with Gasteiger partial charge in [-0.05, 0) is 96.3 Å². The Kier molecular flexibility index (Phi) is 5.53. The van der Waals surface area contributed by atoms with Gasteiger partial charge in [-0.3, -0.25) is 4.79 Å². The van der Waals surface area contributed by atoms with Gasteiger partial charge in [-0.1, -0.05) is 45.0 Å². The Bertz CT molecular complexity index is 762. The number of aliphatic hydroxyl groups excluding tert-OH is 1. The van der Waals surface area contributed by atoms with Crippen molar-refractivity contribution in [1.29, 1.82) is 0 Å². The highest BCUT2D eigenvalue weighted by Crippen LogP contribution is 2.63. The molecule has 0 heterocycles. The summed E-state index contributed by atoms with van der Waals surface area (Å²) >= 11 is 0. The van der Waals surface area contributed by atoms with Crippen LogP contribution in [0, 0.1) is 29.1 Å². The number of fused-ring (bicyclic) bond motifs is 5.